The summed E-state index contributed by atoms with van der Waals surface area (Å²) in [5, 5.41) is 10.8. The van der Waals surface area contributed by atoms with E-state index < -0.39 is 5.60 Å². The fourth-order valence-electron chi connectivity index (χ4n) is 1.75. The van der Waals surface area contributed by atoms with E-state index in [0.29, 0.717) is 5.56 Å². The summed E-state index contributed by atoms with van der Waals surface area (Å²) in [5.74, 6) is 2.86. The van der Waals surface area contributed by atoms with Crippen molar-refractivity contribution >= 4 is 22.6 Å². The average molecular weight is 349 g/mol. The average Bonchev–Trinajstić information content (AvgIpc) is 2.40. The maximum Gasteiger partial charge on any atom is 0.179 e. The second-order valence-corrected chi connectivity index (χ2v) is 4.58. The largest absolute Gasteiger partial charge is 0.369 e. The quantitative estimate of drug-likeness (QED) is 0.668. The minimum atomic E-state index is -1.30. The molecule has 0 unspecified atom stereocenters. The standard InChI is InChI=1S/C15H12INO/c1-12-4-6-13(7-5-12)15(18,8-9-16)14-3-2-10-17-11-14/h2-7,10-11,18H,1H3/t15-/m1/s1. The molecule has 2 aromatic rings. The number of nitrogens with zero attached hydrogens (tertiary/aromatic N) is 1. The second-order valence-electron chi connectivity index (χ2n) is 4.04. The lowest BCUT2D eigenvalue weighted by molar-refractivity contribution is 0.145. The van der Waals surface area contributed by atoms with E-state index in [1.165, 1.54) is 0 Å². The van der Waals surface area contributed by atoms with E-state index in [9.17, 15) is 5.11 Å². The SMILES string of the molecule is Cc1ccc([C@](O)(C#CI)c2cccnc2)cc1. The van der Waals surface area contributed by atoms with Gasteiger partial charge in [0.1, 0.15) is 0 Å². The van der Waals surface area contributed by atoms with Crippen molar-refractivity contribution in [3.8, 4) is 9.85 Å². The molecule has 18 heavy (non-hydrogen) atoms. The van der Waals surface area contributed by atoms with E-state index in [0.717, 1.165) is 11.1 Å². The van der Waals surface area contributed by atoms with Crippen LogP contribution in [0, 0.1) is 16.8 Å². The van der Waals surface area contributed by atoms with Gasteiger partial charge in [0.25, 0.3) is 0 Å². The molecule has 1 aromatic heterocycles. The number of hydrogen-bond acceptors (Lipinski definition) is 2. The maximum absolute atomic E-state index is 10.8. The number of aliphatic hydroxyl groups is 1. The number of pyridine rings is 1. The molecule has 0 aliphatic rings. The van der Waals surface area contributed by atoms with Crippen molar-refractivity contribution in [2.45, 2.75) is 12.5 Å². The Kier molecular flexibility index (Phi) is 4.00. The third kappa shape index (κ3) is 2.55. The fourth-order valence-corrected chi connectivity index (χ4v) is 2.14. The molecule has 1 atom stereocenters. The molecule has 1 N–H and O–H groups in total. The Morgan fingerprint density at radius 2 is 1.89 bits per heavy atom. The fraction of sp³-hybridized carbons (Fsp3) is 0.133. The van der Waals surface area contributed by atoms with E-state index in [4.69, 9.17) is 0 Å². The van der Waals surface area contributed by atoms with E-state index in [2.05, 4.69) is 14.8 Å². The molecular formula is C15H12INO. The zero-order valence-electron chi connectivity index (χ0n) is 9.89. The molecule has 0 fully saturated rings. The van der Waals surface area contributed by atoms with Gasteiger partial charge in [0, 0.05) is 46.1 Å². The summed E-state index contributed by atoms with van der Waals surface area (Å²) in [7, 11) is 0. The lowest BCUT2D eigenvalue weighted by atomic mass is 9.88. The molecule has 0 aliphatic heterocycles. The molecule has 0 saturated heterocycles. The van der Waals surface area contributed by atoms with Crippen LogP contribution in [0.25, 0.3) is 0 Å². The highest BCUT2D eigenvalue weighted by Gasteiger charge is 2.29. The van der Waals surface area contributed by atoms with Gasteiger partial charge in [-0.1, -0.05) is 35.9 Å². The smallest absolute Gasteiger partial charge is 0.179 e. The van der Waals surface area contributed by atoms with Crippen LogP contribution in [-0.2, 0) is 5.60 Å². The van der Waals surface area contributed by atoms with Crippen LogP contribution in [0.4, 0.5) is 0 Å². The van der Waals surface area contributed by atoms with Crippen LogP contribution in [0.1, 0.15) is 16.7 Å². The van der Waals surface area contributed by atoms with Crippen LogP contribution < -0.4 is 0 Å². The topological polar surface area (TPSA) is 33.1 Å². The van der Waals surface area contributed by atoms with Crippen LogP contribution in [0.2, 0.25) is 0 Å². The van der Waals surface area contributed by atoms with Gasteiger partial charge in [-0.25, -0.2) is 0 Å². The zero-order chi connectivity index (χ0) is 13.0. The predicted molar refractivity (Wildman–Crippen MR) is 80.2 cm³/mol. The van der Waals surface area contributed by atoms with Gasteiger partial charge < -0.3 is 5.11 Å². The van der Waals surface area contributed by atoms with E-state index in [1.54, 1.807) is 18.5 Å². The van der Waals surface area contributed by atoms with Gasteiger partial charge in [0.2, 0.25) is 0 Å². The Balaban J connectivity index is 2.57. The third-order valence-corrected chi connectivity index (χ3v) is 3.05. The number of hydrogen-bond donors (Lipinski definition) is 1. The molecule has 2 rings (SSSR count). The molecule has 0 spiro atoms. The minimum Gasteiger partial charge on any atom is -0.369 e. The molecular weight excluding hydrogens is 337 g/mol. The predicted octanol–water partition coefficient (Wildman–Crippen LogP) is 3.02. The molecule has 1 aromatic carbocycles. The summed E-state index contributed by atoms with van der Waals surface area (Å²) < 4.78 is 2.76. The van der Waals surface area contributed by atoms with Gasteiger partial charge in [0.05, 0.1) is 0 Å². The van der Waals surface area contributed by atoms with Crippen molar-refractivity contribution in [2.24, 2.45) is 0 Å². The van der Waals surface area contributed by atoms with Crippen LogP contribution in [0.15, 0.2) is 48.8 Å². The highest BCUT2D eigenvalue weighted by molar-refractivity contribution is 14.1. The molecule has 0 aliphatic carbocycles. The molecule has 0 amide bonds. The number of rotatable bonds is 2. The van der Waals surface area contributed by atoms with E-state index in [1.807, 2.05) is 59.8 Å². The number of aromatic nitrogens is 1. The summed E-state index contributed by atoms with van der Waals surface area (Å²) in [4.78, 5) is 4.05. The minimum absolute atomic E-state index is 0.679. The first-order valence-electron chi connectivity index (χ1n) is 5.49. The molecule has 0 bridgehead atoms. The molecule has 0 saturated carbocycles. The zero-order valence-corrected chi connectivity index (χ0v) is 12.0. The van der Waals surface area contributed by atoms with E-state index >= 15 is 0 Å². The lowest BCUT2D eigenvalue weighted by Gasteiger charge is -2.23. The summed E-state index contributed by atoms with van der Waals surface area (Å²) in [6.45, 7) is 2.01. The first-order valence-corrected chi connectivity index (χ1v) is 6.57. The van der Waals surface area contributed by atoms with Gasteiger partial charge in [-0.05, 0) is 22.8 Å². The van der Waals surface area contributed by atoms with Gasteiger partial charge >= 0.3 is 0 Å². The Bertz CT molecular complexity index is 583. The van der Waals surface area contributed by atoms with Crippen molar-refractivity contribution in [2.75, 3.05) is 0 Å². The van der Waals surface area contributed by atoms with Crippen molar-refractivity contribution in [3.05, 3.63) is 65.5 Å². The number of benzene rings is 1. The Morgan fingerprint density at radius 1 is 1.17 bits per heavy atom. The molecule has 1 heterocycles. The monoisotopic (exact) mass is 349 g/mol. The summed E-state index contributed by atoms with van der Waals surface area (Å²) in [6.07, 6.45) is 3.32. The van der Waals surface area contributed by atoms with Gasteiger partial charge in [-0.15, -0.1) is 0 Å². The van der Waals surface area contributed by atoms with E-state index in [-0.39, 0.29) is 0 Å². The normalized spacial score (nSPS) is 13.3. The summed E-state index contributed by atoms with van der Waals surface area (Å²) in [5.41, 5.74) is 1.28. The Hall–Kier alpha value is -1.38. The van der Waals surface area contributed by atoms with Crippen LogP contribution >= 0.6 is 22.6 Å². The Labute approximate surface area is 120 Å². The number of halogens is 1. The summed E-state index contributed by atoms with van der Waals surface area (Å²) in [6, 6.07) is 11.3. The second kappa shape index (κ2) is 5.51. The first kappa shape index (κ1) is 13.1. The van der Waals surface area contributed by atoms with Crippen LogP contribution in [0.5, 0.6) is 0 Å². The lowest BCUT2D eigenvalue weighted by Crippen LogP contribution is -2.25. The molecule has 0 radical (unpaired) electrons. The molecule has 90 valence electrons. The summed E-state index contributed by atoms with van der Waals surface area (Å²) >= 11 is 1.93. The van der Waals surface area contributed by atoms with Crippen LogP contribution in [0.3, 0.4) is 0 Å². The maximum atomic E-state index is 10.8. The van der Waals surface area contributed by atoms with Gasteiger partial charge in [-0.3, -0.25) is 4.98 Å². The molecule has 3 heteroatoms. The van der Waals surface area contributed by atoms with Crippen molar-refractivity contribution < 1.29 is 5.11 Å². The number of aryl methyl sites for hydroxylation is 1. The highest BCUT2D eigenvalue weighted by Crippen LogP contribution is 2.28. The van der Waals surface area contributed by atoms with Crippen LogP contribution in [-0.4, -0.2) is 10.1 Å². The van der Waals surface area contributed by atoms with Gasteiger partial charge in [-0.2, -0.15) is 0 Å². The van der Waals surface area contributed by atoms with Crippen molar-refractivity contribution in [1.29, 1.82) is 0 Å². The van der Waals surface area contributed by atoms with Crippen molar-refractivity contribution in [3.63, 3.8) is 0 Å². The Morgan fingerprint density at radius 3 is 2.44 bits per heavy atom. The highest BCUT2D eigenvalue weighted by atomic mass is 127. The van der Waals surface area contributed by atoms with Gasteiger partial charge in [0.15, 0.2) is 5.60 Å². The third-order valence-electron chi connectivity index (χ3n) is 2.78. The van der Waals surface area contributed by atoms with Crippen molar-refractivity contribution in [1.82, 2.24) is 4.98 Å². The first-order chi connectivity index (χ1) is 8.66. The molecule has 2 nitrogen and oxygen atoms in total.